The second-order valence-electron chi connectivity index (χ2n) is 7.93. The second-order valence-corrected chi connectivity index (χ2v) is 12.7. The van der Waals surface area contributed by atoms with E-state index in [1.807, 2.05) is 0 Å². The van der Waals surface area contributed by atoms with Crippen molar-refractivity contribution in [2.75, 3.05) is 7.05 Å². The summed E-state index contributed by atoms with van der Waals surface area (Å²) in [5.74, 6) is 0.512. The topological polar surface area (TPSA) is 12.5 Å². The molecule has 2 rings (SSSR count). The molecule has 0 N–H and O–H groups in total. The fraction of sp³-hybridized carbons (Fsp3) is 0.875. The highest BCUT2D eigenvalue weighted by Gasteiger charge is 2.48. The summed E-state index contributed by atoms with van der Waals surface area (Å²) in [5, 5.41) is 0.293. The van der Waals surface area contributed by atoms with Crippen LogP contribution in [0.15, 0.2) is 12.7 Å². The normalized spacial score (nSPS) is 36.5. The monoisotopic (exact) mass is 281 g/mol. The van der Waals surface area contributed by atoms with E-state index in [2.05, 4.69) is 58.5 Å². The highest BCUT2D eigenvalue weighted by atomic mass is 28.4. The molecule has 2 bridgehead atoms. The fourth-order valence-electron chi connectivity index (χ4n) is 3.45. The van der Waals surface area contributed by atoms with Crippen molar-refractivity contribution in [1.82, 2.24) is 4.90 Å². The van der Waals surface area contributed by atoms with Crippen LogP contribution in [-0.2, 0) is 4.43 Å². The van der Waals surface area contributed by atoms with Gasteiger partial charge >= 0.3 is 0 Å². The molecule has 0 saturated carbocycles. The number of fused-ring (bicyclic) bond motifs is 2. The Labute approximate surface area is 120 Å². The summed E-state index contributed by atoms with van der Waals surface area (Å²) in [4.78, 5) is 2.57. The summed E-state index contributed by atoms with van der Waals surface area (Å²) in [6.45, 7) is 15.8. The molecule has 0 aromatic rings. The van der Waals surface area contributed by atoms with Gasteiger partial charge in [0.05, 0.1) is 6.10 Å². The number of rotatable bonds is 3. The van der Waals surface area contributed by atoms with E-state index < -0.39 is 8.32 Å². The molecule has 0 unspecified atom stereocenters. The minimum Gasteiger partial charge on any atom is -0.413 e. The van der Waals surface area contributed by atoms with Crippen LogP contribution in [0.1, 0.15) is 40.0 Å². The van der Waals surface area contributed by atoms with E-state index in [-0.39, 0.29) is 0 Å². The van der Waals surface area contributed by atoms with E-state index in [4.69, 9.17) is 4.43 Å². The van der Waals surface area contributed by atoms with Gasteiger partial charge in [-0.25, -0.2) is 0 Å². The smallest absolute Gasteiger partial charge is 0.192 e. The quantitative estimate of drug-likeness (QED) is 0.572. The van der Waals surface area contributed by atoms with Gasteiger partial charge < -0.3 is 4.43 Å². The summed E-state index contributed by atoms with van der Waals surface area (Å²) in [6.07, 6.45) is 6.39. The molecule has 2 aliphatic heterocycles. The van der Waals surface area contributed by atoms with Gasteiger partial charge in [-0.2, -0.15) is 0 Å². The van der Waals surface area contributed by atoms with Crippen molar-refractivity contribution in [2.24, 2.45) is 5.92 Å². The lowest BCUT2D eigenvalue weighted by Crippen LogP contribution is -2.54. The van der Waals surface area contributed by atoms with E-state index in [1.165, 1.54) is 19.3 Å². The SMILES string of the molecule is C=C[C@H]1[C@@H](O[Si](C)(C)C(C)(C)C)C[C@@H]2CC[C@H]1N2C. The van der Waals surface area contributed by atoms with Crippen LogP contribution in [0.5, 0.6) is 0 Å². The van der Waals surface area contributed by atoms with Gasteiger partial charge in [0.1, 0.15) is 0 Å². The summed E-state index contributed by atoms with van der Waals surface area (Å²) >= 11 is 0. The first kappa shape index (κ1) is 15.3. The van der Waals surface area contributed by atoms with Gasteiger partial charge in [-0.15, -0.1) is 6.58 Å². The molecule has 2 fully saturated rings. The first-order chi connectivity index (χ1) is 8.67. The van der Waals surface area contributed by atoms with Crippen molar-refractivity contribution < 1.29 is 4.43 Å². The van der Waals surface area contributed by atoms with Crippen molar-refractivity contribution in [3.8, 4) is 0 Å². The molecule has 2 saturated heterocycles. The summed E-state index contributed by atoms with van der Waals surface area (Å²) in [5.41, 5.74) is 0. The Morgan fingerprint density at radius 1 is 1.26 bits per heavy atom. The maximum absolute atomic E-state index is 6.72. The van der Waals surface area contributed by atoms with Gasteiger partial charge in [0.2, 0.25) is 0 Å². The van der Waals surface area contributed by atoms with Crippen LogP contribution in [0.25, 0.3) is 0 Å². The van der Waals surface area contributed by atoms with Gasteiger partial charge in [0, 0.05) is 18.0 Å². The fourth-order valence-corrected chi connectivity index (χ4v) is 4.82. The lowest BCUT2D eigenvalue weighted by Gasteiger charge is -2.47. The first-order valence-corrected chi connectivity index (χ1v) is 10.6. The highest BCUT2D eigenvalue weighted by molar-refractivity contribution is 6.74. The van der Waals surface area contributed by atoms with Crippen molar-refractivity contribution in [3.63, 3.8) is 0 Å². The molecule has 0 amide bonds. The Balaban J connectivity index is 2.15. The number of nitrogens with zero attached hydrogens (tertiary/aromatic N) is 1. The van der Waals surface area contributed by atoms with Gasteiger partial charge in [-0.1, -0.05) is 26.8 Å². The van der Waals surface area contributed by atoms with Crippen LogP contribution in [0.2, 0.25) is 18.1 Å². The number of hydrogen-bond acceptors (Lipinski definition) is 2. The zero-order chi connectivity index (χ0) is 14.4. The van der Waals surface area contributed by atoms with E-state index in [1.54, 1.807) is 0 Å². The second kappa shape index (κ2) is 5.01. The number of hydrogen-bond donors (Lipinski definition) is 0. The average molecular weight is 282 g/mol. The Kier molecular flexibility index (Phi) is 4.03. The van der Waals surface area contributed by atoms with E-state index in [9.17, 15) is 0 Å². The zero-order valence-corrected chi connectivity index (χ0v) is 14.6. The van der Waals surface area contributed by atoms with Crippen molar-refractivity contribution in [1.29, 1.82) is 0 Å². The van der Waals surface area contributed by atoms with Crippen molar-refractivity contribution >= 4 is 8.32 Å². The third kappa shape index (κ3) is 2.70. The number of piperidine rings is 1. The lowest BCUT2D eigenvalue weighted by molar-refractivity contribution is 0.0215. The van der Waals surface area contributed by atoms with E-state index in [0.717, 1.165) is 6.04 Å². The molecule has 0 radical (unpaired) electrons. The molecule has 0 aromatic heterocycles. The van der Waals surface area contributed by atoms with Gasteiger partial charge in [-0.3, -0.25) is 4.90 Å². The predicted octanol–water partition coefficient (Wildman–Crippen LogP) is 4.05. The molecule has 2 nitrogen and oxygen atoms in total. The minimum absolute atomic E-state index is 0.293. The maximum Gasteiger partial charge on any atom is 0.192 e. The third-order valence-corrected chi connectivity index (χ3v) is 10.3. The summed E-state index contributed by atoms with van der Waals surface area (Å²) in [6, 6.07) is 1.39. The van der Waals surface area contributed by atoms with Crippen molar-refractivity contribution in [3.05, 3.63) is 12.7 Å². The van der Waals surface area contributed by atoms with Crippen LogP contribution in [-0.4, -0.2) is 38.5 Å². The molecular formula is C16H31NOSi. The maximum atomic E-state index is 6.72. The minimum atomic E-state index is -1.67. The van der Waals surface area contributed by atoms with Gasteiger partial charge in [-0.05, 0) is 44.4 Å². The summed E-state index contributed by atoms with van der Waals surface area (Å²) in [7, 11) is 0.609. The van der Waals surface area contributed by atoms with Gasteiger partial charge in [0.15, 0.2) is 8.32 Å². The third-order valence-electron chi connectivity index (χ3n) is 5.80. The molecule has 2 heterocycles. The molecule has 0 aliphatic carbocycles. The Morgan fingerprint density at radius 3 is 2.42 bits per heavy atom. The van der Waals surface area contributed by atoms with Crippen LogP contribution < -0.4 is 0 Å². The first-order valence-electron chi connectivity index (χ1n) is 7.69. The molecule has 3 heteroatoms. The average Bonchev–Trinajstić information content (AvgIpc) is 2.54. The lowest BCUT2D eigenvalue weighted by atomic mass is 9.88. The van der Waals surface area contributed by atoms with Crippen LogP contribution in [0, 0.1) is 5.92 Å². The molecule has 19 heavy (non-hydrogen) atoms. The Morgan fingerprint density at radius 2 is 1.89 bits per heavy atom. The van der Waals surface area contributed by atoms with Crippen molar-refractivity contribution in [2.45, 2.75) is 76.4 Å². The molecule has 4 atom stereocenters. The van der Waals surface area contributed by atoms with Crippen LogP contribution in [0.4, 0.5) is 0 Å². The highest BCUT2D eigenvalue weighted by Crippen LogP contribution is 2.44. The molecule has 110 valence electrons. The van der Waals surface area contributed by atoms with E-state index in [0.29, 0.717) is 23.1 Å². The Bertz CT molecular complexity index is 347. The molecule has 0 aromatic carbocycles. The predicted molar refractivity (Wildman–Crippen MR) is 84.9 cm³/mol. The molecular weight excluding hydrogens is 250 g/mol. The van der Waals surface area contributed by atoms with E-state index >= 15 is 0 Å². The standard InChI is InChI=1S/C16H31NOSi/c1-8-13-14-10-9-12(17(14)5)11-15(13)18-19(6,7)16(2,3)4/h8,12-15H,1,9-11H2,2-7H3/t12-,13+,14+,15-/m0/s1. The largest absolute Gasteiger partial charge is 0.413 e. The van der Waals surface area contributed by atoms with Gasteiger partial charge in [0.25, 0.3) is 0 Å². The Hall–Kier alpha value is -0.123. The molecule has 0 spiro atoms. The summed E-state index contributed by atoms with van der Waals surface area (Å²) < 4.78 is 6.72. The molecule has 2 aliphatic rings. The van der Waals surface area contributed by atoms with Crippen LogP contribution in [0.3, 0.4) is 0 Å². The zero-order valence-electron chi connectivity index (χ0n) is 13.6. The van der Waals surface area contributed by atoms with Crippen LogP contribution >= 0.6 is 0 Å².